The Morgan fingerprint density at radius 2 is 1.80 bits per heavy atom. The van der Waals surface area contributed by atoms with Crippen molar-refractivity contribution in [3.63, 3.8) is 0 Å². The molecular weight excluding hydrogens is 304 g/mol. The molecule has 0 radical (unpaired) electrons. The number of fused-ring (bicyclic) bond motifs is 1. The first-order valence-corrected chi connectivity index (χ1v) is 10.7. The van der Waals surface area contributed by atoms with Crippen LogP contribution in [0.15, 0.2) is 18.3 Å². The van der Waals surface area contributed by atoms with E-state index >= 15 is 0 Å². The summed E-state index contributed by atoms with van der Waals surface area (Å²) in [5.74, 6) is 0.909. The van der Waals surface area contributed by atoms with E-state index in [0.29, 0.717) is 5.41 Å². The maximum Gasteiger partial charge on any atom is 0.0435 e. The third-order valence-corrected chi connectivity index (χ3v) is 5.88. The zero-order valence-electron chi connectivity index (χ0n) is 17.7. The van der Waals surface area contributed by atoms with Crippen LogP contribution in [0.3, 0.4) is 0 Å². The van der Waals surface area contributed by atoms with Crippen LogP contribution in [0.2, 0.25) is 0 Å². The third-order valence-electron chi connectivity index (χ3n) is 5.88. The Balaban J connectivity index is 0.000000233. The highest BCUT2D eigenvalue weighted by Gasteiger charge is 2.28. The summed E-state index contributed by atoms with van der Waals surface area (Å²) in [6, 6.07) is 5.00. The molecule has 144 valence electrons. The van der Waals surface area contributed by atoms with Crippen molar-refractivity contribution in [2.75, 3.05) is 7.05 Å². The van der Waals surface area contributed by atoms with Gasteiger partial charge in [0.05, 0.1) is 0 Å². The first-order chi connectivity index (χ1) is 12.1. The minimum atomic E-state index is 0.582. The third kappa shape index (κ3) is 7.48. The predicted molar refractivity (Wildman–Crippen MR) is 111 cm³/mol. The maximum absolute atomic E-state index is 4.32. The Morgan fingerprint density at radius 3 is 2.44 bits per heavy atom. The van der Waals surface area contributed by atoms with Crippen molar-refractivity contribution in [3.8, 4) is 0 Å². The number of hydrogen-bond acceptors (Lipinski definition) is 2. The van der Waals surface area contributed by atoms with Crippen LogP contribution in [0.25, 0.3) is 0 Å². The molecule has 0 saturated heterocycles. The van der Waals surface area contributed by atoms with E-state index in [1.165, 1.54) is 69.0 Å². The zero-order chi connectivity index (χ0) is 18.7. The average molecular weight is 347 g/mol. The van der Waals surface area contributed by atoms with Gasteiger partial charge in [-0.05, 0) is 81.4 Å². The molecule has 0 bridgehead atoms. The molecule has 2 aliphatic carbocycles. The minimum absolute atomic E-state index is 0.582. The molecule has 2 nitrogen and oxygen atoms in total. The number of aromatic nitrogens is 1. The van der Waals surface area contributed by atoms with Crippen LogP contribution in [-0.2, 0) is 12.8 Å². The average Bonchev–Trinajstić information content (AvgIpc) is 2.81. The van der Waals surface area contributed by atoms with E-state index in [0.717, 1.165) is 12.0 Å². The number of nitrogens with zero attached hydrogens (tertiary/aromatic N) is 1. The summed E-state index contributed by atoms with van der Waals surface area (Å²) >= 11 is 0. The monoisotopic (exact) mass is 346 g/mol. The van der Waals surface area contributed by atoms with Crippen LogP contribution in [0.5, 0.6) is 0 Å². The van der Waals surface area contributed by atoms with Gasteiger partial charge in [-0.1, -0.05) is 47.1 Å². The van der Waals surface area contributed by atoms with Crippen molar-refractivity contribution in [1.29, 1.82) is 0 Å². The number of rotatable bonds is 2. The molecule has 2 unspecified atom stereocenters. The van der Waals surface area contributed by atoms with Gasteiger partial charge < -0.3 is 5.32 Å². The van der Waals surface area contributed by atoms with Crippen molar-refractivity contribution < 1.29 is 0 Å². The fourth-order valence-corrected chi connectivity index (χ4v) is 4.08. The minimum Gasteiger partial charge on any atom is -0.317 e. The molecule has 3 rings (SSSR count). The highest BCUT2D eigenvalue weighted by Crippen LogP contribution is 2.37. The summed E-state index contributed by atoms with van der Waals surface area (Å²) in [6.45, 7) is 11.2. The van der Waals surface area contributed by atoms with Crippen LogP contribution in [-0.4, -0.2) is 18.1 Å². The largest absolute Gasteiger partial charge is 0.317 e. The molecule has 2 aliphatic rings. The second-order valence-corrected chi connectivity index (χ2v) is 8.12. The molecule has 0 spiro atoms. The van der Waals surface area contributed by atoms with Gasteiger partial charge in [0.2, 0.25) is 0 Å². The molecule has 2 atom stereocenters. The molecule has 0 amide bonds. The van der Waals surface area contributed by atoms with Crippen LogP contribution in [0, 0.1) is 11.3 Å². The van der Waals surface area contributed by atoms with Gasteiger partial charge in [0.25, 0.3) is 0 Å². The lowest BCUT2D eigenvalue weighted by atomic mass is 9.84. The summed E-state index contributed by atoms with van der Waals surface area (Å²) in [7, 11) is 2.12. The molecule has 1 saturated carbocycles. The van der Waals surface area contributed by atoms with Crippen molar-refractivity contribution in [2.45, 2.75) is 98.4 Å². The van der Waals surface area contributed by atoms with E-state index in [2.05, 4.69) is 44.2 Å². The van der Waals surface area contributed by atoms with Gasteiger partial charge in [0.1, 0.15) is 0 Å². The molecule has 0 aromatic carbocycles. The normalized spacial score (nSPS) is 24.6. The molecule has 1 fully saturated rings. The standard InChI is InChI=1S/C12H25N.C9H11N.C2H6/c1-5-10-6-8-12(2,3)9-7-11(10)13-4;1-2-6-9-8(4-1)5-3-7-10-9;1-2/h10-11,13H,5-9H2,1-4H3;3,5,7H,1-2,4,6H2;1-2H3. The van der Waals surface area contributed by atoms with Crippen molar-refractivity contribution >= 4 is 0 Å². The molecule has 1 aromatic rings. The fraction of sp³-hybridized carbons (Fsp3) is 0.783. The highest BCUT2D eigenvalue weighted by atomic mass is 14.9. The van der Waals surface area contributed by atoms with Gasteiger partial charge >= 0.3 is 0 Å². The summed E-state index contributed by atoms with van der Waals surface area (Å²) in [6.07, 6.45) is 13.9. The van der Waals surface area contributed by atoms with Gasteiger partial charge in [-0.25, -0.2) is 0 Å². The zero-order valence-corrected chi connectivity index (χ0v) is 17.7. The first-order valence-electron chi connectivity index (χ1n) is 10.7. The smallest absolute Gasteiger partial charge is 0.0435 e. The molecule has 25 heavy (non-hydrogen) atoms. The van der Waals surface area contributed by atoms with E-state index in [1.54, 1.807) is 0 Å². The molecule has 1 aromatic heterocycles. The van der Waals surface area contributed by atoms with Gasteiger partial charge in [0, 0.05) is 17.9 Å². The van der Waals surface area contributed by atoms with Gasteiger partial charge in [-0.15, -0.1) is 0 Å². The van der Waals surface area contributed by atoms with Crippen LogP contribution in [0.1, 0.15) is 90.8 Å². The number of nitrogens with one attached hydrogen (secondary N) is 1. The first kappa shape index (κ1) is 22.2. The Labute approximate surface area is 157 Å². The van der Waals surface area contributed by atoms with Gasteiger partial charge in [0.15, 0.2) is 0 Å². The van der Waals surface area contributed by atoms with E-state index in [-0.39, 0.29) is 0 Å². The molecule has 1 N–H and O–H groups in total. The maximum atomic E-state index is 4.32. The van der Waals surface area contributed by atoms with Crippen LogP contribution < -0.4 is 5.32 Å². The Kier molecular flexibility index (Phi) is 10.3. The topological polar surface area (TPSA) is 24.9 Å². The summed E-state index contributed by atoms with van der Waals surface area (Å²) < 4.78 is 0. The summed E-state index contributed by atoms with van der Waals surface area (Å²) in [5.41, 5.74) is 3.38. The predicted octanol–water partition coefficient (Wildman–Crippen LogP) is 6.19. The van der Waals surface area contributed by atoms with Crippen LogP contribution >= 0.6 is 0 Å². The Bertz CT molecular complexity index is 426. The fourth-order valence-electron chi connectivity index (χ4n) is 4.08. The van der Waals surface area contributed by atoms with Crippen molar-refractivity contribution in [3.05, 3.63) is 29.6 Å². The highest BCUT2D eigenvalue weighted by molar-refractivity contribution is 5.21. The van der Waals surface area contributed by atoms with Gasteiger partial charge in [-0.3, -0.25) is 4.98 Å². The summed E-state index contributed by atoms with van der Waals surface area (Å²) in [5, 5.41) is 3.48. The van der Waals surface area contributed by atoms with E-state index < -0.39 is 0 Å². The molecular formula is C23H42N2. The number of hydrogen-bond donors (Lipinski definition) is 1. The van der Waals surface area contributed by atoms with Crippen LogP contribution in [0.4, 0.5) is 0 Å². The number of aryl methyl sites for hydroxylation is 2. The second-order valence-electron chi connectivity index (χ2n) is 8.12. The Hall–Kier alpha value is -0.890. The lowest BCUT2D eigenvalue weighted by Gasteiger charge is -2.22. The quantitative estimate of drug-likeness (QED) is 0.646. The second kappa shape index (κ2) is 11.7. The lowest BCUT2D eigenvalue weighted by molar-refractivity contribution is 0.307. The lowest BCUT2D eigenvalue weighted by Crippen LogP contribution is -2.32. The number of pyridine rings is 1. The SMILES string of the molecule is CC.CCC1CCC(C)(C)CCC1NC.c1cnc2c(c1)CCCC2. The molecule has 1 heterocycles. The van der Waals surface area contributed by atoms with E-state index in [1.807, 2.05) is 26.1 Å². The molecule has 0 aliphatic heterocycles. The Morgan fingerprint density at radius 1 is 1.12 bits per heavy atom. The van der Waals surface area contributed by atoms with E-state index in [9.17, 15) is 0 Å². The van der Waals surface area contributed by atoms with Gasteiger partial charge in [-0.2, -0.15) is 0 Å². The van der Waals surface area contributed by atoms with Crippen molar-refractivity contribution in [1.82, 2.24) is 10.3 Å². The molecule has 2 heteroatoms. The van der Waals surface area contributed by atoms with Crippen molar-refractivity contribution in [2.24, 2.45) is 11.3 Å². The summed E-state index contributed by atoms with van der Waals surface area (Å²) in [4.78, 5) is 4.32. The van der Waals surface area contributed by atoms with E-state index in [4.69, 9.17) is 0 Å².